The maximum atomic E-state index is 9.55. The fourth-order valence-electron chi connectivity index (χ4n) is 1.18. The van der Waals surface area contributed by atoms with Gasteiger partial charge in [-0.05, 0) is 6.92 Å². The Hall–Kier alpha value is -1.53. The minimum absolute atomic E-state index is 0.423. The highest BCUT2D eigenvalue weighted by atomic mass is 16.6. The molecule has 2 rings (SSSR count). The van der Waals surface area contributed by atoms with Crippen LogP contribution in [0.3, 0.4) is 0 Å². The van der Waals surface area contributed by atoms with E-state index in [-0.39, 0.29) is 0 Å². The van der Waals surface area contributed by atoms with Crippen LogP contribution in [0.1, 0.15) is 13.3 Å². The lowest BCUT2D eigenvalue weighted by atomic mass is 10.5. The van der Waals surface area contributed by atoms with Crippen LogP contribution in [0.15, 0.2) is 18.9 Å². The second-order valence-corrected chi connectivity index (χ2v) is 2.67. The van der Waals surface area contributed by atoms with Crippen LogP contribution in [0.2, 0.25) is 0 Å². The van der Waals surface area contributed by atoms with Crippen molar-refractivity contribution in [3.8, 4) is 0 Å². The van der Waals surface area contributed by atoms with Crippen LogP contribution in [0.4, 0.5) is 0 Å². The van der Waals surface area contributed by atoms with Gasteiger partial charge in [-0.15, -0.1) is 0 Å². The molecule has 1 unspecified atom stereocenters. The van der Waals surface area contributed by atoms with Crippen LogP contribution < -0.4 is 0 Å². The Kier molecular flexibility index (Phi) is 2.38. The zero-order chi connectivity index (χ0) is 9.97. The normalized spacial score (nSPS) is 13.3. The first-order valence-corrected chi connectivity index (χ1v) is 4.25. The summed E-state index contributed by atoms with van der Waals surface area (Å²) in [6, 6.07) is 0. The summed E-state index contributed by atoms with van der Waals surface area (Å²) in [5.74, 6) is 0. The maximum absolute atomic E-state index is 9.55. The molecule has 0 fully saturated rings. The molecule has 0 amide bonds. The zero-order valence-electron chi connectivity index (χ0n) is 7.66. The van der Waals surface area contributed by atoms with E-state index >= 15 is 0 Å². The van der Waals surface area contributed by atoms with Crippen molar-refractivity contribution in [1.82, 2.24) is 19.5 Å². The Balaban J connectivity index is 2.42. The van der Waals surface area contributed by atoms with Gasteiger partial charge in [-0.2, -0.15) is 0 Å². The van der Waals surface area contributed by atoms with Gasteiger partial charge in [0.1, 0.15) is 18.2 Å². The number of ether oxygens (including phenoxy) is 1. The van der Waals surface area contributed by atoms with E-state index in [0.29, 0.717) is 17.8 Å². The average Bonchev–Trinajstić information content (AvgIpc) is 2.61. The van der Waals surface area contributed by atoms with Crippen molar-refractivity contribution in [2.24, 2.45) is 0 Å². The van der Waals surface area contributed by atoms with Crippen molar-refractivity contribution >= 4 is 11.2 Å². The second kappa shape index (κ2) is 3.69. The topological polar surface area (TPSA) is 73.1 Å². The molecule has 14 heavy (non-hydrogen) atoms. The molecule has 1 atom stereocenters. The number of hydrogen-bond donors (Lipinski definition) is 1. The van der Waals surface area contributed by atoms with E-state index < -0.39 is 6.41 Å². The van der Waals surface area contributed by atoms with E-state index in [2.05, 4.69) is 15.0 Å². The molecule has 2 heterocycles. The number of hydrogen-bond acceptors (Lipinski definition) is 5. The molecular weight excluding hydrogens is 184 g/mol. The number of aliphatic hydroxyl groups is 1. The van der Waals surface area contributed by atoms with Gasteiger partial charge in [-0.3, -0.25) is 4.57 Å². The zero-order valence-corrected chi connectivity index (χ0v) is 7.66. The number of rotatable bonds is 3. The third-order valence-corrected chi connectivity index (χ3v) is 1.79. The second-order valence-electron chi connectivity index (χ2n) is 2.67. The molecule has 0 aliphatic rings. The van der Waals surface area contributed by atoms with Crippen LogP contribution >= 0.6 is 0 Å². The van der Waals surface area contributed by atoms with Gasteiger partial charge < -0.3 is 9.84 Å². The summed E-state index contributed by atoms with van der Waals surface area (Å²) in [4.78, 5) is 11.8. The predicted octanol–water partition coefficient (Wildman–Crippen LogP) is 0.311. The molecule has 6 heteroatoms. The summed E-state index contributed by atoms with van der Waals surface area (Å²) in [6.45, 7) is 2.23. The molecule has 0 bridgehead atoms. The standard InChI is InChI=1S/C8H10N4O2/c1-2-14-8(13)12-5-11-6-3-9-4-10-7(6)12/h3-5,8,13H,2H2,1H3. The molecular formula is C8H10N4O2. The Bertz CT molecular complexity index is 428. The van der Waals surface area contributed by atoms with Crippen LogP contribution in [0, 0.1) is 0 Å². The van der Waals surface area contributed by atoms with Crippen LogP contribution in [-0.2, 0) is 4.74 Å². The average molecular weight is 194 g/mol. The molecule has 0 saturated carbocycles. The molecule has 74 valence electrons. The third kappa shape index (κ3) is 1.45. The number of aliphatic hydroxyl groups excluding tert-OH is 1. The molecule has 0 aromatic carbocycles. The van der Waals surface area contributed by atoms with Crippen LogP contribution in [0.5, 0.6) is 0 Å². The highest BCUT2D eigenvalue weighted by Crippen LogP contribution is 2.12. The highest BCUT2D eigenvalue weighted by molar-refractivity contribution is 5.68. The van der Waals surface area contributed by atoms with Gasteiger partial charge in [0.2, 0.25) is 6.41 Å². The largest absolute Gasteiger partial charge is 0.351 e. The molecule has 2 aromatic heterocycles. The van der Waals surface area contributed by atoms with Crippen molar-refractivity contribution < 1.29 is 9.84 Å². The number of nitrogens with zero attached hydrogens (tertiary/aromatic N) is 4. The summed E-state index contributed by atoms with van der Waals surface area (Å²) >= 11 is 0. The molecule has 2 aromatic rings. The first kappa shape index (κ1) is 9.04. The molecule has 0 spiro atoms. The van der Waals surface area contributed by atoms with E-state index in [1.807, 2.05) is 0 Å². The van der Waals surface area contributed by atoms with Gasteiger partial charge in [0.05, 0.1) is 6.20 Å². The first-order chi connectivity index (χ1) is 6.83. The van der Waals surface area contributed by atoms with Crippen molar-refractivity contribution in [1.29, 1.82) is 0 Å². The number of fused-ring (bicyclic) bond motifs is 1. The van der Waals surface area contributed by atoms with Gasteiger partial charge >= 0.3 is 0 Å². The lowest BCUT2D eigenvalue weighted by Gasteiger charge is -2.11. The van der Waals surface area contributed by atoms with Crippen molar-refractivity contribution in [2.45, 2.75) is 13.3 Å². The van der Waals surface area contributed by atoms with E-state index in [1.165, 1.54) is 17.2 Å². The lowest BCUT2D eigenvalue weighted by molar-refractivity contribution is -0.147. The Morgan fingerprint density at radius 1 is 1.57 bits per heavy atom. The van der Waals surface area contributed by atoms with Gasteiger partial charge in [-0.1, -0.05) is 0 Å². The predicted molar refractivity (Wildman–Crippen MR) is 48.2 cm³/mol. The maximum Gasteiger partial charge on any atom is 0.244 e. The fraction of sp³-hybridized carbons (Fsp3) is 0.375. The summed E-state index contributed by atoms with van der Waals surface area (Å²) in [5.41, 5.74) is 1.19. The minimum atomic E-state index is -1.04. The quantitative estimate of drug-likeness (QED) is 0.712. The van der Waals surface area contributed by atoms with Gasteiger partial charge in [0.15, 0.2) is 5.65 Å². The SMILES string of the molecule is CCOC(O)n1cnc2cncnc21. The van der Waals surface area contributed by atoms with E-state index in [9.17, 15) is 5.11 Å². The molecule has 0 aliphatic heterocycles. The molecule has 1 N–H and O–H groups in total. The molecule has 0 aliphatic carbocycles. The van der Waals surface area contributed by atoms with E-state index in [4.69, 9.17) is 4.74 Å². The van der Waals surface area contributed by atoms with Gasteiger partial charge in [0.25, 0.3) is 0 Å². The number of aromatic nitrogens is 4. The molecule has 6 nitrogen and oxygen atoms in total. The smallest absolute Gasteiger partial charge is 0.244 e. The summed E-state index contributed by atoms with van der Waals surface area (Å²) in [6.07, 6.45) is 3.41. The summed E-state index contributed by atoms with van der Waals surface area (Å²) in [7, 11) is 0. The van der Waals surface area contributed by atoms with Crippen molar-refractivity contribution in [3.05, 3.63) is 18.9 Å². The molecule has 0 saturated heterocycles. The van der Waals surface area contributed by atoms with E-state index in [1.54, 1.807) is 13.1 Å². The summed E-state index contributed by atoms with van der Waals surface area (Å²) < 4.78 is 6.46. The van der Waals surface area contributed by atoms with Gasteiger partial charge in [-0.25, -0.2) is 15.0 Å². The first-order valence-electron chi connectivity index (χ1n) is 4.25. The van der Waals surface area contributed by atoms with Crippen molar-refractivity contribution in [3.63, 3.8) is 0 Å². The fourth-order valence-corrected chi connectivity index (χ4v) is 1.18. The van der Waals surface area contributed by atoms with Crippen LogP contribution in [0.25, 0.3) is 11.2 Å². The molecule has 0 radical (unpaired) electrons. The number of imidazole rings is 1. The lowest BCUT2D eigenvalue weighted by Crippen LogP contribution is -2.11. The minimum Gasteiger partial charge on any atom is -0.351 e. The van der Waals surface area contributed by atoms with Crippen LogP contribution in [-0.4, -0.2) is 31.2 Å². The van der Waals surface area contributed by atoms with Gasteiger partial charge in [0, 0.05) is 6.61 Å². The van der Waals surface area contributed by atoms with E-state index in [0.717, 1.165) is 0 Å². The Morgan fingerprint density at radius 2 is 2.43 bits per heavy atom. The highest BCUT2D eigenvalue weighted by Gasteiger charge is 2.10. The Labute approximate surface area is 80.2 Å². The Morgan fingerprint density at radius 3 is 3.21 bits per heavy atom. The monoisotopic (exact) mass is 194 g/mol. The van der Waals surface area contributed by atoms with Crippen molar-refractivity contribution in [2.75, 3.05) is 6.61 Å². The third-order valence-electron chi connectivity index (χ3n) is 1.79. The summed E-state index contributed by atoms with van der Waals surface area (Å²) in [5, 5.41) is 9.55.